The average Bonchev–Trinajstić information content (AvgIpc) is 2.74. The van der Waals surface area contributed by atoms with Gasteiger partial charge >= 0.3 is 6.03 Å². The Morgan fingerprint density at radius 3 is 2.50 bits per heavy atom. The SMILES string of the molecule is CCN(CC)C(=O)N1CCC2(CCC(=O)c3ccccc3N2)CC1. The summed E-state index contributed by atoms with van der Waals surface area (Å²) in [6.07, 6.45) is 3.20. The number of hydrogen-bond donors (Lipinski definition) is 1. The third-order valence-electron chi connectivity index (χ3n) is 5.48. The average molecular weight is 329 g/mol. The summed E-state index contributed by atoms with van der Waals surface area (Å²) in [6, 6.07) is 7.93. The lowest BCUT2D eigenvalue weighted by molar-refractivity contribution is 0.0962. The molecule has 0 bridgehead atoms. The first-order valence-corrected chi connectivity index (χ1v) is 9.03. The number of carbonyl (C=O) groups excluding carboxylic acids is 2. The number of amides is 2. The molecule has 1 N–H and O–H groups in total. The lowest BCUT2D eigenvalue weighted by Crippen LogP contribution is -2.53. The standard InChI is InChI=1S/C19H27N3O2/c1-3-21(4-2)18(24)22-13-11-19(12-14-22)10-9-17(23)15-7-5-6-8-16(15)20-19/h5-8,20H,3-4,9-14H2,1-2H3. The van der Waals surface area contributed by atoms with Crippen molar-refractivity contribution < 1.29 is 9.59 Å². The van der Waals surface area contributed by atoms with Gasteiger partial charge in [-0.1, -0.05) is 12.1 Å². The van der Waals surface area contributed by atoms with Crippen LogP contribution < -0.4 is 5.32 Å². The molecule has 3 rings (SSSR count). The molecule has 2 heterocycles. The molecule has 2 aliphatic heterocycles. The van der Waals surface area contributed by atoms with E-state index in [2.05, 4.69) is 5.32 Å². The van der Waals surface area contributed by atoms with Gasteiger partial charge in [0.25, 0.3) is 0 Å². The van der Waals surface area contributed by atoms with Crippen molar-refractivity contribution in [3.63, 3.8) is 0 Å². The first-order chi connectivity index (χ1) is 11.6. The van der Waals surface area contributed by atoms with Crippen LogP contribution in [0.2, 0.25) is 0 Å². The zero-order valence-corrected chi connectivity index (χ0v) is 14.7. The van der Waals surface area contributed by atoms with E-state index in [1.54, 1.807) is 0 Å². The summed E-state index contributed by atoms with van der Waals surface area (Å²) in [5.74, 6) is 0.219. The van der Waals surface area contributed by atoms with Crippen molar-refractivity contribution in [2.24, 2.45) is 0 Å². The molecule has 0 unspecified atom stereocenters. The summed E-state index contributed by atoms with van der Waals surface area (Å²) >= 11 is 0. The summed E-state index contributed by atoms with van der Waals surface area (Å²) in [5.41, 5.74) is 1.68. The Bertz CT molecular complexity index is 617. The zero-order valence-electron chi connectivity index (χ0n) is 14.7. The lowest BCUT2D eigenvalue weighted by Gasteiger charge is -2.43. The van der Waals surface area contributed by atoms with E-state index in [1.165, 1.54) is 0 Å². The molecule has 0 atom stereocenters. The number of anilines is 1. The minimum absolute atomic E-state index is 0.0672. The quantitative estimate of drug-likeness (QED) is 0.905. The van der Waals surface area contributed by atoms with Gasteiger partial charge in [0.15, 0.2) is 5.78 Å². The molecule has 2 amide bonds. The summed E-state index contributed by atoms with van der Waals surface area (Å²) < 4.78 is 0. The van der Waals surface area contributed by atoms with E-state index in [1.807, 2.05) is 47.9 Å². The maximum Gasteiger partial charge on any atom is 0.319 e. The van der Waals surface area contributed by atoms with E-state index in [0.29, 0.717) is 6.42 Å². The number of para-hydroxylation sites is 1. The number of Topliss-reactive ketones (excluding diaryl/α,β-unsaturated/α-hetero) is 1. The van der Waals surface area contributed by atoms with Gasteiger partial charge in [-0.2, -0.15) is 0 Å². The van der Waals surface area contributed by atoms with Crippen molar-refractivity contribution in [2.75, 3.05) is 31.5 Å². The number of rotatable bonds is 2. The van der Waals surface area contributed by atoms with Gasteiger partial charge in [0.05, 0.1) is 0 Å². The molecule has 130 valence electrons. The van der Waals surface area contributed by atoms with Crippen molar-refractivity contribution in [1.29, 1.82) is 0 Å². The zero-order chi connectivity index (χ0) is 17.2. The smallest absolute Gasteiger partial charge is 0.319 e. The number of hydrogen-bond acceptors (Lipinski definition) is 3. The number of benzene rings is 1. The van der Waals surface area contributed by atoms with Crippen LogP contribution in [0.5, 0.6) is 0 Å². The number of carbonyl (C=O) groups is 2. The van der Waals surface area contributed by atoms with Gasteiger partial charge in [-0.25, -0.2) is 4.79 Å². The van der Waals surface area contributed by atoms with Crippen molar-refractivity contribution in [3.8, 4) is 0 Å². The maximum atomic E-state index is 12.5. The predicted octanol–water partition coefficient (Wildman–Crippen LogP) is 3.37. The molecule has 1 aromatic carbocycles. The third kappa shape index (κ3) is 3.12. The molecule has 0 aromatic heterocycles. The molecule has 0 aliphatic carbocycles. The highest BCUT2D eigenvalue weighted by Gasteiger charge is 2.39. The Morgan fingerprint density at radius 2 is 1.83 bits per heavy atom. The second-order valence-corrected chi connectivity index (χ2v) is 6.82. The monoisotopic (exact) mass is 329 g/mol. The van der Waals surface area contributed by atoms with E-state index in [4.69, 9.17) is 0 Å². The van der Waals surface area contributed by atoms with Crippen LogP contribution in [0.15, 0.2) is 24.3 Å². The summed E-state index contributed by atoms with van der Waals surface area (Å²) in [7, 11) is 0. The molecular weight excluding hydrogens is 302 g/mol. The van der Waals surface area contributed by atoms with Crippen molar-refractivity contribution in [1.82, 2.24) is 9.80 Å². The van der Waals surface area contributed by atoms with Gasteiger partial charge in [-0.05, 0) is 45.2 Å². The van der Waals surface area contributed by atoms with Crippen LogP contribution in [0.25, 0.3) is 0 Å². The van der Waals surface area contributed by atoms with Gasteiger partial charge in [0, 0.05) is 49.4 Å². The largest absolute Gasteiger partial charge is 0.379 e. The third-order valence-corrected chi connectivity index (χ3v) is 5.48. The van der Waals surface area contributed by atoms with Crippen LogP contribution >= 0.6 is 0 Å². The van der Waals surface area contributed by atoms with E-state index in [9.17, 15) is 9.59 Å². The highest BCUT2D eigenvalue weighted by molar-refractivity contribution is 6.02. The fourth-order valence-corrected chi connectivity index (χ4v) is 3.87. The molecule has 5 nitrogen and oxygen atoms in total. The molecular formula is C19H27N3O2. The molecule has 1 spiro atoms. The van der Waals surface area contributed by atoms with Gasteiger partial charge in [0.1, 0.15) is 0 Å². The van der Waals surface area contributed by atoms with E-state index < -0.39 is 0 Å². The fraction of sp³-hybridized carbons (Fsp3) is 0.579. The van der Waals surface area contributed by atoms with E-state index in [0.717, 1.165) is 56.7 Å². The first-order valence-electron chi connectivity index (χ1n) is 9.03. The fourth-order valence-electron chi connectivity index (χ4n) is 3.87. The molecule has 24 heavy (non-hydrogen) atoms. The van der Waals surface area contributed by atoms with E-state index >= 15 is 0 Å². The molecule has 5 heteroatoms. The summed E-state index contributed by atoms with van der Waals surface area (Å²) in [5, 5.41) is 3.65. The Labute approximate surface area is 144 Å². The molecule has 2 aliphatic rings. The van der Waals surface area contributed by atoms with E-state index in [-0.39, 0.29) is 17.4 Å². The summed E-state index contributed by atoms with van der Waals surface area (Å²) in [6.45, 7) is 7.02. The van der Waals surface area contributed by atoms with Gasteiger partial charge < -0.3 is 15.1 Å². The number of piperidine rings is 1. The Kier molecular flexibility index (Phi) is 4.78. The molecule has 1 aromatic rings. The lowest BCUT2D eigenvalue weighted by atomic mass is 9.83. The molecule has 0 radical (unpaired) electrons. The minimum Gasteiger partial charge on any atom is -0.379 e. The number of nitrogens with one attached hydrogen (secondary N) is 1. The van der Waals surface area contributed by atoms with Crippen LogP contribution in [0, 0.1) is 0 Å². The van der Waals surface area contributed by atoms with Crippen molar-refractivity contribution in [2.45, 2.75) is 45.1 Å². The summed E-state index contributed by atoms with van der Waals surface area (Å²) in [4.78, 5) is 28.7. The van der Waals surface area contributed by atoms with Crippen LogP contribution in [0.1, 0.15) is 49.9 Å². The maximum absolute atomic E-state index is 12.5. The number of nitrogens with zero attached hydrogens (tertiary/aromatic N) is 2. The van der Waals surface area contributed by atoms with Gasteiger partial charge in [-0.3, -0.25) is 4.79 Å². The molecule has 1 saturated heterocycles. The minimum atomic E-state index is -0.0672. The molecule has 1 fully saturated rings. The predicted molar refractivity (Wildman–Crippen MR) is 95.5 cm³/mol. The van der Waals surface area contributed by atoms with Crippen LogP contribution in [-0.4, -0.2) is 53.3 Å². The highest BCUT2D eigenvalue weighted by atomic mass is 16.2. The number of urea groups is 1. The van der Waals surface area contributed by atoms with Crippen LogP contribution in [0.3, 0.4) is 0 Å². The Morgan fingerprint density at radius 1 is 1.17 bits per heavy atom. The molecule has 0 saturated carbocycles. The number of likely N-dealkylation sites (tertiary alicyclic amines) is 1. The van der Waals surface area contributed by atoms with Crippen LogP contribution in [-0.2, 0) is 0 Å². The van der Waals surface area contributed by atoms with Crippen molar-refractivity contribution >= 4 is 17.5 Å². The van der Waals surface area contributed by atoms with Gasteiger partial charge in [0.2, 0.25) is 0 Å². The van der Waals surface area contributed by atoms with Crippen LogP contribution in [0.4, 0.5) is 10.5 Å². The Hall–Kier alpha value is -2.04. The number of fused-ring (bicyclic) bond motifs is 1. The first kappa shape index (κ1) is 16.8. The van der Waals surface area contributed by atoms with Gasteiger partial charge in [-0.15, -0.1) is 0 Å². The Balaban J connectivity index is 1.72. The normalized spacial score (nSPS) is 19.4. The second-order valence-electron chi connectivity index (χ2n) is 6.82. The second kappa shape index (κ2) is 6.83. The van der Waals surface area contributed by atoms with Crippen molar-refractivity contribution in [3.05, 3.63) is 29.8 Å². The topological polar surface area (TPSA) is 52.7 Å². The highest BCUT2D eigenvalue weighted by Crippen LogP contribution is 2.36. The number of ketones is 1.